The van der Waals surface area contributed by atoms with E-state index in [1.54, 1.807) is 6.20 Å². The standard InChI is InChI=1S/C23H24N4O2/c1-13-8-9-25-23(24)22(13)17-5-3-4-15-10-21(26-12-19(15)17)18-11-16(29)6-7-20(18)27-14(2)28/h3-5,8-10,12,16,18,29H,6-7,11H2,1-2H3,(H2,24,25). The van der Waals surface area contributed by atoms with Crippen molar-refractivity contribution >= 4 is 28.2 Å². The third-order valence-electron chi connectivity index (χ3n) is 5.55. The van der Waals surface area contributed by atoms with Crippen LogP contribution < -0.4 is 5.73 Å². The molecule has 6 nitrogen and oxygen atoms in total. The Balaban J connectivity index is 1.82. The van der Waals surface area contributed by atoms with Crippen LogP contribution in [0.2, 0.25) is 0 Å². The molecular weight excluding hydrogens is 364 g/mol. The van der Waals surface area contributed by atoms with Crippen molar-refractivity contribution in [2.24, 2.45) is 4.99 Å². The summed E-state index contributed by atoms with van der Waals surface area (Å²) >= 11 is 0. The predicted octanol–water partition coefficient (Wildman–Crippen LogP) is 3.80. The van der Waals surface area contributed by atoms with Crippen molar-refractivity contribution < 1.29 is 9.90 Å². The first-order valence-electron chi connectivity index (χ1n) is 9.80. The molecular formula is C23H24N4O2. The van der Waals surface area contributed by atoms with Gasteiger partial charge in [0.15, 0.2) is 0 Å². The molecule has 3 aromatic rings. The Labute approximate surface area is 169 Å². The number of pyridine rings is 2. The molecule has 2 heterocycles. The molecule has 2 atom stereocenters. The Kier molecular flexibility index (Phi) is 5.11. The average Bonchev–Trinajstić information content (AvgIpc) is 2.68. The number of carbonyl (C=O) groups excluding carboxylic acids is 1. The number of nitrogen functional groups attached to an aromatic ring is 1. The lowest BCUT2D eigenvalue weighted by Crippen LogP contribution is -2.27. The molecule has 29 heavy (non-hydrogen) atoms. The summed E-state index contributed by atoms with van der Waals surface area (Å²) in [4.78, 5) is 24.7. The molecule has 6 heteroatoms. The Hall–Kier alpha value is -3.12. The highest BCUT2D eigenvalue weighted by Gasteiger charge is 2.29. The zero-order valence-corrected chi connectivity index (χ0v) is 16.6. The normalized spacial score (nSPS) is 20.9. The summed E-state index contributed by atoms with van der Waals surface area (Å²) < 4.78 is 0. The molecule has 1 saturated carbocycles. The number of rotatable bonds is 2. The summed E-state index contributed by atoms with van der Waals surface area (Å²) in [6.07, 6.45) is 4.90. The molecule has 0 bridgehead atoms. The van der Waals surface area contributed by atoms with E-state index in [-0.39, 0.29) is 11.8 Å². The molecule has 0 aliphatic heterocycles. The number of aryl methyl sites for hydroxylation is 1. The number of nitrogens with zero attached hydrogens (tertiary/aromatic N) is 3. The number of aliphatic imine (C=N–C) groups is 1. The van der Waals surface area contributed by atoms with Gasteiger partial charge in [0, 0.05) is 47.6 Å². The van der Waals surface area contributed by atoms with Gasteiger partial charge in [-0.25, -0.2) is 9.98 Å². The van der Waals surface area contributed by atoms with Crippen LogP contribution in [0, 0.1) is 6.92 Å². The van der Waals surface area contributed by atoms with Gasteiger partial charge in [-0.2, -0.15) is 0 Å². The van der Waals surface area contributed by atoms with Crippen LogP contribution in [0.4, 0.5) is 5.82 Å². The van der Waals surface area contributed by atoms with Gasteiger partial charge in [0.05, 0.1) is 6.10 Å². The largest absolute Gasteiger partial charge is 0.393 e. The average molecular weight is 388 g/mol. The summed E-state index contributed by atoms with van der Waals surface area (Å²) in [5.41, 5.74) is 10.8. The van der Waals surface area contributed by atoms with Gasteiger partial charge in [-0.3, -0.25) is 9.78 Å². The Morgan fingerprint density at radius 1 is 1.28 bits per heavy atom. The van der Waals surface area contributed by atoms with Crippen LogP contribution in [-0.4, -0.2) is 32.8 Å². The molecule has 0 saturated heterocycles. The van der Waals surface area contributed by atoms with E-state index in [4.69, 9.17) is 10.7 Å². The minimum Gasteiger partial charge on any atom is -0.393 e. The lowest BCUT2D eigenvalue weighted by molar-refractivity contribution is -0.115. The summed E-state index contributed by atoms with van der Waals surface area (Å²) in [7, 11) is 0. The number of aromatic nitrogens is 2. The second-order valence-electron chi connectivity index (χ2n) is 7.63. The van der Waals surface area contributed by atoms with Crippen LogP contribution in [0.3, 0.4) is 0 Å². The van der Waals surface area contributed by atoms with Crippen molar-refractivity contribution in [2.75, 3.05) is 5.73 Å². The van der Waals surface area contributed by atoms with Crippen LogP contribution in [-0.2, 0) is 4.79 Å². The highest BCUT2D eigenvalue weighted by molar-refractivity contribution is 6.01. The Morgan fingerprint density at radius 2 is 2.10 bits per heavy atom. The number of hydrogen-bond acceptors (Lipinski definition) is 5. The summed E-state index contributed by atoms with van der Waals surface area (Å²) in [6, 6.07) is 10.0. The highest BCUT2D eigenvalue weighted by atomic mass is 16.3. The summed E-state index contributed by atoms with van der Waals surface area (Å²) in [6.45, 7) is 3.47. The van der Waals surface area contributed by atoms with E-state index in [0.29, 0.717) is 25.1 Å². The van der Waals surface area contributed by atoms with E-state index in [1.807, 2.05) is 43.5 Å². The molecule has 1 amide bonds. The van der Waals surface area contributed by atoms with Crippen molar-refractivity contribution in [1.29, 1.82) is 0 Å². The number of hydrogen-bond donors (Lipinski definition) is 2. The molecule has 2 aromatic heterocycles. The van der Waals surface area contributed by atoms with Gasteiger partial charge in [-0.1, -0.05) is 18.2 Å². The molecule has 3 N–H and O–H groups in total. The first-order chi connectivity index (χ1) is 13.9. The number of fused-ring (bicyclic) bond motifs is 1. The number of carbonyl (C=O) groups is 1. The fraction of sp³-hybridized carbons (Fsp3) is 0.304. The first kappa shape index (κ1) is 19.2. The monoisotopic (exact) mass is 388 g/mol. The number of aliphatic hydroxyl groups excluding tert-OH is 1. The quantitative estimate of drug-likeness (QED) is 0.695. The number of nitrogens with two attached hydrogens (primary N) is 1. The molecule has 0 radical (unpaired) electrons. The maximum Gasteiger partial charge on any atom is 0.242 e. The van der Waals surface area contributed by atoms with Crippen molar-refractivity contribution in [1.82, 2.24) is 9.97 Å². The van der Waals surface area contributed by atoms with Crippen LogP contribution >= 0.6 is 0 Å². The van der Waals surface area contributed by atoms with Gasteiger partial charge in [-0.15, -0.1) is 0 Å². The van der Waals surface area contributed by atoms with E-state index in [9.17, 15) is 9.90 Å². The maximum atomic E-state index is 11.6. The third-order valence-corrected chi connectivity index (χ3v) is 5.55. The van der Waals surface area contributed by atoms with Crippen LogP contribution in [0.5, 0.6) is 0 Å². The first-order valence-corrected chi connectivity index (χ1v) is 9.80. The Bertz CT molecular complexity index is 1100. The van der Waals surface area contributed by atoms with Gasteiger partial charge < -0.3 is 10.8 Å². The van der Waals surface area contributed by atoms with Crippen molar-refractivity contribution in [3.63, 3.8) is 0 Å². The summed E-state index contributed by atoms with van der Waals surface area (Å²) in [5.74, 6) is 0.126. The van der Waals surface area contributed by atoms with Gasteiger partial charge in [-0.05, 0) is 54.8 Å². The molecule has 1 aromatic carbocycles. The second kappa shape index (κ2) is 7.72. The lowest BCUT2D eigenvalue weighted by atomic mass is 9.82. The van der Waals surface area contributed by atoms with Crippen LogP contribution in [0.1, 0.15) is 43.4 Å². The molecule has 2 unspecified atom stereocenters. The number of benzene rings is 1. The highest BCUT2D eigenvalue weighted by Crippen LogP contribution is 2.36. The van der Waals surface area contributed by atoms with Crippen LogP contribution in [0.15, 0.2) is 47.7 Å². The fourth-order valence-corrected chi connectivity index (χ4v) is 4.17. The third kappa shape index (κ3) is 3.76. The second-order valence-corrected chi connectivity index (χ2v) is 7.63. The zero-order valence-electron chi connectivity index (χ0n) is 16.6. The van der Waals surface area contributed by atoms with E-state index in [1.165, 1.54) is 6.92 Å². The zero-order chi connectivity index (χ0) is 20.5. The van der Waals surface area contributed by atoms with Gasteiger partial charge in [0.2, 0.25) is 5.91 Å². The van der Waals surface area contributed by atoms with Gasteiger partial charge >= 0.3 is 0 Å². The summed E-state index contributed by atoms with van der Waals surface area (Å²) in [5, 5.41) is 12.2. The number of amides is 1. The smallest absolute Gasteiger partial charge is 0.242 e. The molecule has 1 aliphatic carbocycles. The SMILES string of the molecule is CC(=O)N=C1CCC(O)CC1c1cc2cccc(-c3c(C)ccnc3N)c2cn1. The number of aliphatic hydroxyl groups is 1. The minimum atomic E-state index is -0.410. The Morgan fingerprint density at radius 3 is 2.86 bits per heavy atom. The lowest BCUT2D eigenvalue weighted by Gasteiger charge is -2.27. The molecule has 4 rings (SSSR count). The van der Waals surface area contributed by atoms with Gasteiger partial charge in [0.25, 0.3) is 0 Å². The van der Waals surface area contributed by atoms with E-state index in [2.05, 4.69) is 9.98 Å². The van der Waals surface area contributed by atoms with Crippen LogP contribution in [0.25, 0.3) is 21.9 Å². The number of anilines is 1. The van der Waals surface area contributed by atoms with Crippen molar-refractivity contribution in [3.05, 3.63) is 54.0 Å². The van der Waals surface area contributed by atoms with Crippen molar-refractivity contribution in [2.45, 2.75) is 45.1 Å². The molecule has 1 fully saturated rings. The fourth-order valence-electron chi connectivity index (χ4n) is 4.17. The van der Waals surface area contributed by atoms with E-state index < -0.39 is 6.10 Å². The molecule has 0 spiro atoms. The maximum absolute atomic E-state index is 11.6. The topological polar surface area (TPSA) is 101 Å². The van der Waals surface area contributed by atoms with E-state index in [0.717, 1.165) is 38.9 Å². The van der Waals surface area contributed by atoms with Crippen molar-refractivity contribution in [3.8, 4) is 11.1 Å². The molecule has 1 aliphatic rings. The van der Waals surface area contributed by atoms with Gasteiger partial charge in [0.1, 0.15) is 5.82 Å². The van der Waals surface area contributed by atoms with E-state index >= 15 is 0 Å². The predicted molar refractivity (Wildman–Crippen MR) is 115 cm³/mol. The molecule has 148 valence electrons. The minimum absolute atomic E-state index is 0.152.